The number of carbonyl (C=O) groups is 1. The Labute approximate surface area is 125 Å². The van der Waals surface area contributed by atoms with Gasteiger partial charge in [0.1, 0.15) is 16.8 Å². The fraction of sp³-hybridized carbons (Fsp3) is 0. The zero-order valence-corrected chi connectivity index (χ0v) is 11.5. The summed E-state index contributed by atoms with van der Waals surface area (Å²) in [6, 6.07) is 13.4. The minimum absolute atomic E-state index is 0.0940. The van der Waals surface area contributed by atoms with Crippen LogP contribution in [-0.4, -0.2) is 16.1 Å². The molecule has 1 aromatic heterocycles. The summed E-state index contributed by atoms with van der Waals surface area (Å²) in [6.07, 6.45) is 1.63. The molecule has 0 aliphatic heterocycles. The number of rotatable bonds is 3. The number of pyridine rings is 1. The van der Waals surface area contributed by atoms with Gasteiger partial charge in [0.25, 0.3) is 0 Å². The second-order valence-electron chi connectivity index (χ2n) is 4.35. The van der Waals surface area contributed by atoms with Gasteiger partial charge in [0, 0.05) is 11.6 Å². The van der Waals surface area contributed by atoms with Crippen molar-refractivity contribution in [1.29, 1.82) is 0 Å². The number of benzene rings is 2. The van der Waals surface area contributed by atoms with Crippen molar-refractivity contribution in [1.82, 2.24) is 4.98 Å². The van der Waals surface area contributed by atoms with Crippen molar-refractivity contribution in [3.8, 4) is 11.5 Å². The highest BCUT2D eigenvalue weighted by Crippen LogP contribution is 2.33. The molecule has 3 aromatic rings. The van der Waals surface area contributed by atoms with Crippen LogP contribution in [0.5, 0.6) is 11.5 Å². The molecule has 104 valence electrons. The Balaban J connectivity index is 2.11. The standard InChI is InChI=1S/C16H10ClNO3/c17-12-7-8-14(15-10(12)5-3-9-18-15)21-13-6-2-1-4-11(13)16(19)20/h1-9H,(H,19,20). The van der Waals surface area contributed by atoms with Crippen molar-refractivity contribution in [2.75, 3.05) is 0 Å². The number of halogens is 1. The molecule has 0 amide bonds. The molecule has 0 atom stereocenters. The van der Waals surface area contributed by atoms with E-state index < -0.39 is 5.97 Å². The van der Waals surface area contributed by atoms with Crippen LogP contribution < -0.4 is 4.74 Å². The molecule has 0 fully saturated rings. The smallest absolute Gasteiger partial charge is 0.339 e. The molecule has 0 aliphatic rings. The van der Waals surface area contributed by atoms with E-state index in [1.54, 1.807) is 42.6 Å². The highest BCUT2D eigenvalue weighted by Gasteiger charge is 2.13. The first-order valence-electron chi connectivity index (χ1n) is 6.20. The molecule has 1 heterocycles. The highest BCUT2D eigenvalue weighted by molar-refractivity contribution is 6.35. The molecule has 0 aliphatic carbocycles. The molecule has 2 aromatic carbocycles. The molecule has 0 saturated heterocycles. The number of carboxylic acid groups (broad SMARTS) is 1. The molecule has 21 heavy (non-hydrogen) atoms. The van der Waals surface area contributed by atoms with Gasteiger partial charge >= 0.3 is 5.97 Å². The van der Waals surface area contributed by atoms with E-state index in [0.29, 0.717) is 16.3 Å². The molecule has 0 radical (unpaired) electrons. The molecule has 5 heteroatoms. The summed E-state index contributed by atoms with van der Waals surface area (Å²) in [5.74, 6) is -0.320. The van der Waals surface area contributed by atoms with E-state index in [1.807, 2.05) is 6.07 Å². The van der Waals surface area contributed by atoms with E-state index in [1.165, 1.54) is 6.07 Å². The van der Waals surface area contributed by atoms with Gasteiger partial charge < -0.3 is 9.84 Å². The van der Waals surface area contributed by atoms with Crippen molar-refractivity contribution in [2.45, 2.75) is 0 Å². The lowest BCUT2D eigenvalue weighted by Crippen LogP contribution is -2.00. The minimum Gasteiger partial charge on any atom is -0.478 e. The van der Waals surface area contributed by atoms with Crippen LogP contribution in [0.25, 0.3) is 10.9 Å². The molecule has 0 spiro atoms. The van der Waals surface area contributed by atoms with E-state index in [2.05, 4.69) is 4.98 Å². The monoisotopic (exact) mass is 299 g/mol. The van der Waals surface area contributed by atoms with E-state index in [4.69, 9.17) is 16.3 Å². The van der Waals surface area contributed by atoms with Crippen LogP contribution in [0, 0.1) is 0 Å². The average molecular weight is 300 g/mol. The predicted molar refractivity (Wildman–Crippen MR) is 80.2 cm³/mol. The summed E-state index contributed by atoms with van der Waals surface area (Å²) in [5.41, 5.74) is 0.682. The number of hydrogen-bond donors (Lipinski definition) is 1. The van der Waals surface area contributed by atoms with Crippen molar-refractivity contribution in [3.05, 3.63) is 65.3 Å². The largest absolute Gasteiger partial charge is 0.478 e. The topological polar surface area (TPSA) is 59.4 Å². The van der Waals surface area contributed by atoms with Gasteiger partial charge in [0.05, 0.1) is 5.02 Å². The number of fused-ring (bicyclic) bond motifs is 1. The third kappa shape index (κ3) is 2.53. The number of aromatic carboxylic acids is 1. The summed E-state index contributed by atoms with van der Waals surface area (Å²) < 4.78 is 5.74. The minimum atomic E-state index is -1.04. The van der Waals surface area contributed by atoms with Crippen LogP contribution in [0.4, 0.5) is 0 Å². The van der Waals surface area contributed by atoms with Crippen LogP contribution in [0.2, 0.25) is 5.02 Å². The van der Waals surface area contributed by atoms with Gasteiger partial charge in [-0.3, -0.25) is 4.98 Å². The molecule has 0 bridgehead atoms. The Kier molecular flexibility index (Phi) is 3.46. The van der Waals surface area contributed by atoms with Gasteiger partial charge in [0.15, 0.2) is 5.75 Å². The molecular formula is C16H10ClNO3. The third-order valence-electron chi connectivity index (χ3n) is 3.02. The summed E-state index contributed by atoms with van der Waals surface area (Å²) in [7, 11) is 0. The Morgan fingerprint density at radius 3 is 2.67 bits per heavy atom. The lowest BCUT2D eigenvalue weighted by Gasteiger charge is -2.11. The zero-order valence-electron chi connectivity index (χ0n) is 10.8. The maximum Gasteiger partial charge on any atom is 0.339 e. The fourth-order valence-corrected chi connectivity index (χ4v) is 2.26. The van der Waals surface area contributed by atoms with E-state index >= 15 is 0 Å². The molecule has 0 unspecified atom stereocenters. The Morgan fingerprint density at radius 1 is 1.05 bits per heavy atom. The van der Waals surface area contributed by atoms with E-state index in [-0.39, 0.29) is 11.3 Å². The number of nitrogens with zero attached hydrogens (tertiary/aromatic N) is 1. The number of para-hydroxylation sites is 1. The van der Waals surface area contributed by atoms with Crippen LogP contribution in [0.3, 0.4) is 0 Å². The lowest BCUT2D eigenvalue weighted by molar-refractivity contribution is 0.0694. The number of hydrogen-bond acceptors (Lipinski definition) is 3. The Morgan fingerprint density at radius 2 is 1.86 bits per heavy atom. The Bertz CT molecular complexity index is 833. The Hall–Kier alpha value is -2.59. The summed E-state index contributed by atoms with van der Waals surface area (Å²) in [4.78, 5) is 15.5. The van der Waals surface area contributed by atoms with Gasteiger partial charge in [0.2, 0.25) is 0 Å². The maximum absolute atomic E-state index is 11.2. The zero-order chi connectivity index (χ0) is 14.8. The van der Waals surface area contributed by atoms with Crippen LogP contribution in [0.1, 0.15) is 10.4 Å². The number of ether oxygens (including phenoxy) is 1. The average Bonchev–Trinajstić information content (AvgIpc) is 2.51. The van der Waals surface area contributed by atoms with E-state index in [0.717, 1.165) is 5.39 Å². The van der Waals surface area contributed by atoms with Crippen LogP contribution in [0.15, 0.2) is 54.7 Å². The van der Waals surface area contributed by atoms with Gasteiger partial charge in [-0.1, -0.05) is 23.7 Å². The van der Waals surface area contributed by atoms with Gasteiger partial charge in [-0.25, -0.2) is 4.79 Å². The predicted octanol–water partition coefficient (Wildman–Crippen LogP) is 4.38. The highest BCUT2D eigenvalue weighted by atomic mass is 35.5. The van der Waals surface area contributed by atoms with Crippen molar-refractivity contribution >= 4 is 28.5 Å². The van der Waals surface area contributed by atoms with Gasteiger partial charge in [-0.15, -0.1) is 0 Å². The first-order chi connectivity index (χ1) is 10.2. The summed E-state index contributed by atoms with van der Waals surface area (Å²) in [5, 5.41) is 10.5. The lowest BCUT2D eigenvalue weighted by atomic mass is 10.2. The number of aromatic nitrogens is 1. The van der Waals surface area contributed by atoms with Crippen LogP contribution >= 0.6 is 11.6 Å². The molecule has 1 N–H and O–H groups in total. The summed E-state index contributed by atoms with van der Waals surface area (Å²) >= 11 is 6.12. The number of carboxylic acids is 1. The summed E-state index contributed by atoms with van der Waals surface area (Å²) in [6.45, 7) is 0. The van der Waals surface area contributed by atoms with Crippen molar-refractivity contribution < 1.29 is 14.6 Å². The van der Waals surface area contributed by atoms with Crippen molar-refractivity contribution in [2.24, 2.45) is 0 Å². The normalized spacial score (nSPS) is 10.5. The SMILES string of the molecule is O=C(O)c1ccccc1Oc1ccc(Cl)c2cccnc12. The van der Waals surface area contributed by atoms with Crippen molar-refractivity contribution in [3.63, 3.8) is 0 Å². The molecular weight excluding hydrogens is 290 g/mol. The molecule has 3 rings (SSSR count). The molecule has 4 nitrogen and oxygen atoms in total. The maximum atomic E-state index is 11.2. The third-order valence-corrected chi connectivity index (χ3v) is 3.35. The second kappa shape index (κ2) is 5.42. The fourth-order valence-electron chi connectivity index (χ4n) is 2.05. The van der Waals surface area contributed by atoms with E-state index in [9.17, 15) is 9.90 Å². The van der Waals surface area contributed by atoms with Gasteiger partial charge in [-0.05, 0) is 36.4 Å². The second-order valence-corrected chi connectivity index (χ2v) is 4.76. The quantitative estimate of drug-likeness (QED) is 0.779. The van der Waals surface area contributed by atoms with Gasteiger partial charge in [-0.2, -0.15) is 0 Å². The first kappa shape index (κ1) is 13.4. The first-order valence-corrected chi connectivity index (χ1v) is 6.58. The molecule has 0 saturated carbocycles. The van der Waals surface area contributed by atoms with Crippen LogP contribution in [-0.2, 0) is 0 Å².